The first-order valence-corrected chi connectivity index (χ1v) is 7.33. The highest BCUT2D eigenvalue weighted by molar-refractivity contribution is 5.95. The van der Waals surface area contributed by atoms with Gasteiger partial charge in [0.2, 0.25) is 0 Å². The fourth-order valence-corrected chi connectivity index (χ4v) is 3.08. The van der Waals surface area contributed by atoms with Gasteiger partial charge in [-0.05, 0) is 31.4 Å². The van der Waals surface area contributed by atoms with Gasteiger partial charge >= 0.3 is 0 Å². The van der Waals surface area contributed by atoms with Gasteiger partial charge in [0.25, 0.3) is 5.91 Å². The van der Waals surface area contributed by atoms with Crippen molar-refractivity contribution in [1.29, 1.82) is 0 Å². The topological polar surface area (TPSA) is 47.6 Å². The van der Waals surface area contributed by atoms with Crippen molar-refractivity contribution in [2.45, 2.75) is 44.4 Å². The van der Waals surface area contributed by atoms with E-state index >= 15 is 0 Å². The quantitative estimate of drug-likeness (QED) is 0.901. The Kier molecular flexibility index (Phi) is 3.76. The number of rotatable bonds is 2. The van der Waals surface area contributed by atoms with Crippen molar-refractivity contribution in [3.63, 3.8) is 0 Å². The van der Waals surface area contributed by atoms with Gasteiger partial charge in [0, 0.05) is 24.4 Å². The van der Waals surface area contributed by atoms with Crippen LogP contribution in [0.5, 0.6) is 0 Å². The van der Waals surface area contributed by atoms with Crippen molar-refractivity contribution in [3.8, 4) is 0 Å². The van der Waals surface area contributed by atoms with Crippen LogP contribution in [0, 0.1) is 6.92 Å². The minimum Gasteiger partial charge on any atom is -0.349 e. The molecule has 20 heavy (non-hydrogen) atoms. The highest BCUT2D eigenvalue weighted by Crippen LogP contribution is 2.35. The van der Waals surface area contributed by atoms with E-state index in [4.69, 9.17) is 9.47 Å². The Morgan fingerprint density at radius 1 is 1.20 bits per heavy atom. The number of ether oxygens (including phenoxy) is 2. The van der Waals surface area contributed by atoms with Gasteiger partial charge < -0.3 is 14.8 Å². The van der Waals surface area contributed by atoms with Crippen molar-refractivity contribution in [3.05, 3.63) is 35.4 Å². The minimum atomic E-state index is -0.357. The van der Waals surface area contributed by atoms with E-state index in [2.05, 4.69) is 5.32 Å². The van der Waals surface area contributed by atoms with Crippen molar-refractivity contribution < 1.29 is 14.3 Å². The zero-order valence-corrected chi connectivity index (χ0v) is 11.9. The van der Waals surface area contributed by atoms with E-state index in [1.807, 2.05) is 31.2 Å². The molecule has 1 amide bonds. The van der Waals surface area contributed by atoms with Crippen LogP contribution in [0.2, 0.25) is 0 Å². The predicted octanol–water partition coefficient (Wildman–Crippen LogP) is 2.41. The van der Waals surface area contributed by atoms with E-state index in [1.54, 1.807) is 0 Å². The van der Waals surface area contributed by atoms with Crippen LogP contribution in [-0.4, -0.2) is 30.9 Å². The lowest BCUT2D eigenvalue weighted by Crippen LogP contribution is -2.44. The van der Waals surface area contributed by atoms with Gasteiger partial charge in [-0.15, -0.1) is 0 Å². The summed E-state index contributed by atoms with van der Waals surface area (Å²) in [5, 5.41) is 3.13. The number of hydrogen-bond donors (Lipinski definition) is 1. The molecule has 1 spiro atoms. The largest absolute Gasteiger partial charge is 0.349 e. The Morgan fingerprint density at radius 3 is 2.50 bits per heavy atom. The molecule has 0 bridgehead atoms. The van der Waals surface area contributed by atoms with Crippen LogP contribution in [-0.2, 0) is 9.47 Å². The van der Waals surface area contributed by atoms with Gasteiger partial charge in [0.1, 0.15) is 0 Å². The van der Waals surface area contributed by atoms with Crippen LogP contribution in [0.1, 0.15) is 41.6 Å². The Bertz CT molecular complexity index is 484. The smallest absolute Gasteiger partial charge is 0.251 e. The van der Waals surface area contributed by atoms with Gasteiger partial charge in [-0.25, -0.2) is 0 Å². The van der Waals surface area contributed by atoms with E-state index in [0.717, 1.165) is 36.8 Å². The second-order valence-corrected chi connectivity index (χ2v) is 5.67. The molecule has 2 aliphatic rings. The van der Waals surface area contributed by atoms with Crippen LogP contribution in [0.15, 0.2) is 24.3 Å². The first-order chi connectivity index (χ1) is 9.69. The predicted molar refractivity (Wildman–Crippen MR) is 75.5 cm³/mol. The van der Waals surface area contributed by atoms with Gasteiger partial charge in [0.15, 0.2) is 5.79 Å². The Balaban J connectivity index is 1.57. The average Bonchev–Trinajstić information content (AvgIpc) is 2.90. The normalized spacial score (nSPS) is 22.1. The van der Waals surface area contributed by atoms with E-state index in [1.165, 1.54) is 0 Å². The number of benzene rings is 1. The lowest BCUT2D eigenvalue weighted by Gasteiger charge is -2.35. The summed E-state index contributed by atoms with van der Waals surface area (Å²) in [7, 11) is 0. The number of aryl methyl sites for hydroxylation is 1. The van der Waals surface area contributed by atoms with E-state index in [9.17, 15) is 4.79 Å². The van der Waals surface area contributed by atoms with E-state index < -0.39 is 0 Å². The van der Waals surface area contributed by atoms with Crippen LogP contribution in [0.3, 0.4) is 0 Å². The summed E-state index contributed by atoms with van der Waals surface area (Å²) >= 11 is 0. The summed E-state index contributed by atoms with van der Waals surface area (Å²) in [6.45, 7) is 3.35. The van der Waals surface area contributed by atoms with Crippen molar-refractivity contribution >= 4 is 5.91 Å². The number of nitrogens with one attached hydrogen (secondary N) is 1. The Morgan fingerprint density at radius 2 is 1.85 bits per heavy atom. The third-order valence-electron chi connectivity index (χ3n) is 4.29. The molecule has 1 saturated heterocycles. The van der Waals surface area contributed by atoms with Crippen molar-refractivity contribution in [2.75, 3.05) is 13.2 Å². The molecule has 108 valence electrons. The highest BCUT2D eigenvalue weighted by atomic mass is 16.7. The first-order valence-electron chi connectivity index (χ1n) is 7.33. The average molecular weight is 275 g/mol. The molecule has 1 aliphatic heterocycles. The summed E-state index contributed by atoms with van der Waals surface area (Å²) in [5.74, 6) is -0.332. The molecular formula is C16H21NO3. The molecule has 2 fully saturated rings. The summed E-state index contributed by atoms with van der Waals surface area (Å²) in [6, 6.07) is 7.91. The van der Waals surface area contributed by atoms with Crippen LogP contribution >= 0.6 is 0 Å². The second kappa shape index (κ2) is 5.54. The fraction of sp³-hybridized carbons (Fsp3) is 0.562. The summed E-state index contributed by atoms with van der Waals surface area (Å²) in [5.41, 5.74) is 1.78. The van der Waals surface area contributed by atoms with Crippen LogP contribution < -0.4 is 5.32 Å². The second-order valence-electron chi connectivity index (χ2n) is 5.67. The highest BCUT2D eigenvalue weighted by Gasteiger charge is 2.40. The third kappa shape index (κ3) is 2.72. The zero-order valence-electron chi connectivity index (χ0n) is 11.9. The molecule has 1 aromatic carbocycles. The monoisotopic (exact) mass is 275 g/mol. The molecular weight excluding hydrogens is 254 g/mol. The summed E-state index contributed by atoms with van der Waals surface area (Å²) in [6.07, 6.45) is 3.56. The van der Waals surface area contributed by atoms with E-state index in [-0.39, 0.29) is 17.7 Å². The minimum absolute atomic E-state index is 0.0253. The fourth-order valence-electron chi connectivity index (χ4n) is 3.08. The molecule has 4 heteroatoms. The summed E-state index contributed by atoms with van der Waals surface area (Å²) < 4.78 is 11.4. The van der Waals surface area contributed by atoms with Crippen LogP contribution in [0.25, 0.3) is 0 Å². The molecule has 3 rings (SSSR count). The maximum Gasteiger partial charge on any atom is 0.251 e. The van der Waals surface area contributed by atoms with Crippen LogP contribution in [0.4, 0.5) is 0 Å². The van der Waals surface area contributed by atoms with Gasteiger partial charge in [0.05, 0.1) is 13.2 Å². The molecule has 0 radical (unpaired) electrons. The molecule has 1 heterocycles. The standard InChI is InChI=1S/C16H21NO3/c1-12-4-2-3-5-14(12)15(18)17-13-6-8-16(9-7-13)19-10-11-20-16/h2-5,13H,6-11H2,1H3,(H,17,18). The van der Waals surface area contributed by atoms with E-state index in [0.29, 0.717) is 13.2 Å². The molecule has 1 N–H and O–H groups in total. The summed E-state index contributed by atoms with van der Waals surface area (Å²) in [4.78, 5) is 12.3. The first kappa shape index (κ1) is 13.6. The molecule has 1 saturated carbocycles. The number of carbonyl (C=O) groups is 1. The van der Waals surface area contributed by atoms with Crippen molar-refractivity contribution in [1.82, 2.24) is 5.32 Å². The maximum absolute atomic E-state index is 12.3. The molecule has 0 atom stereocenters. The molecule has 0 unspecified atom stereocenters. The molecule has 1 aromatic rings. The molecule has 1 aliphatic carbocycles. The number of hydrogen-bond acceptors (Lipinski definition) is 3. The number of amides is 1. The third-order valence-corrected chi connectivity index (χ3v) is 4.29. The van der Waals surface area contributed by atoms with Gasteiger partial charge in [-0.3, -0.25) is 4.79 Å². The van der Waals surface area contributed by atoms with Gasteiger partial charge in [-0.2, -0.15) is 0 Å². The Labute approximate surface area is 119 Å². The zero-order chi connectivity index (χ0) is 14.0. The SMILES string of the molecule is Cc1ccccc1C(=O)NC1CCC2(CC1)OCCO2. The maximum atomic E-state index is 12.3. The number of carbonyl (C=O) groups excluding carboxylic acids is 1. The Hall–Kier alpha value is -1.39. The van der Waals surface area contributed by atoms with Crippen molar-refractivity contribution in [2.24, 2.45) is 0 Å². The van der Waals surface area contributed by atoms with Gasteiger partial charge in [-0.1, -0.05) is 18.2 Å². The molecule has 4 nitrogen and oxygen atoms in total. The molecule has 0 aromatic heterocycles. The lowest BCUT2D eigenvalue weighted by atomic mass is 9.90. The lowest BCUT2D eigenvalue weighted by molar-refractivity contribution is -0.179.